The first kappa shape index (κ1) is 16.2. The van der Waals surface area contributed by atoms with Crippen molar-refractivity contribution in [2.45, 2.75) is 64.9 Å². The number of hydrogen-bond donors (Lipinski definition) is 2. The third-order valence-electron chi connectivity index (χ3n) is 4.60. The van der Waals surface area contributed by atoms with E-state index in [1.807, 2.05) is 6.92 Å². The maximum absolute atomic E-state index is 5.90. The summed E-state index contributed by atoms with van der Waals surface area (Å²) in [6.45, 7) is 8.54. The largest absolute Gasteiger partial charge is 0.370 e. The van der Waals surface area contributed by atoms with Crippen LogP contribution >= 0.6 is 0 Å². The molecule has 5 heteroatoms. The normalized spacial score (nSPS) is 26.1. The number of nitrogens with zero attached hydrogens (tertiary/aromatic N) is 2. The van der Waals surface area contributed by atoms with Gasteiger partial charge in [-0.05, 0) is 38.0 Å². The topological polar surface area (TPSA) is 73.1 Å². The summed E-state index contributed by atoms with van der Waals surface area (Å²) >= 11 is 0. The summed E-state index contributed by atoms with van der Waals surface area (Å²) in [6.07, 6.45) is 4.33. The van der Waals surface area contributed by atoms with Crippen LogP contribution in [0.3, 0.4) is 0 Å². The predicted molar refractivity (Wildman–Crippen MR) is 85.0 cm³/mol. The third-order valence-corrected chi connectivity index (χ3v) is 4.60. The number of aryl methyl sites for hydroxylation is 1. The van der Waals surface area contributed by atoms with Gasteiger partial charge >= 0.3 is 0 Å². The van der Waals surface area contributed by atoms with E-state index in [0.717, 1.165) is 42.2 Å². The van der Waals surface area contributed by atoms with Crippen molar-refractivity contribution < 1.29 is 4.74 Å². The Morgan fingerprint density at radius 3 is 2.62 bits per heavy atom. The van der Waals surface area contributed by atoms with E-state index in [0.29, 0.717) is 11.8 Å². The Kier molecular flexibility index (Phi) is 4.84. The first-order valence-electron chi connectivity index (χ1n) is 7.84. The number of nitrogens with one attached hydrogen (secondary N) is 1. The lowest BCUT2D eigenvalue weighted by Gasteiger charge is -2.38. The molecule has 0 amide bonds. The van der Waals surface area contributed by atoms with Crippen LogP contribution in [0.15, 0.2) is 0 Å². The van der Waals surface area contributed by atoms with Gasteiger partial charge in [0, 0.05) is 18.4 Å². The van der Waals surface area contributed by atoms with Gasteiger partial charge in [0.05, 0.1) is 0 Å². The second-order valence-electron chi connectivity index (χ2n) is 6.59. The van der Waals surface area contributed by atoms with Crippen LogP contribution in [0.1, 0.15) is 69.5 Å². The number of nitrogens with two attached hydrogens (primary N) is 1. The number of ether oxygens (including phenoxy) is 1. The van der Waals surface area contributed by atoms with Crippen LogP contribution in [-0.4, -0.2) is 17.1 Å². The molecule has 21 heavy (non-hydrogen) atoms. The predicted octanol–water partition coefficient (Wildman–Crippen LogP) is 3.25. The van der Waals surface area contributed by atoms with E-state index in [-0.39, 0.29) is 5.60 Å². The van der Waals surface area contributed by atoms with E-state index in [1.54, 1.807) is 7.11 Å². The van der Waals surface area contributed by atoms with E-state index in [9.17, 15) is 0 Å². The quantitative estimate of drug-likeness (QED) is 0.658. The molecular formula is C16H28N4O. The molecule has 2 unspecified atom stereocenters. The Bertz CT molecular complexity index is 503. The van der Waals surface area contributed by atoms with Crippen LogP contribution in [0, 0.1) is 12.8 Å². The van der Waals surface area contributed by atoms with Crippen molar-refractivity contribution in [1.29, 1.82) is 0 Å². The van der Waals surface area contributed by atoms with Crippen LogP contribution in [0.2, 0.25) is 0 Å². The standard InChI is InChI=1S/C16H28N4O/c1-10(2)13-12(4)18-15(19-14(13)20-17)16(21-5)8-6-7-11(3)9-16/h10-11H,6-9,17H2,1-5H3,(H,18,19,20). The average molecular weight is 292 g/mol. The van der Waals surface area contributed by atoms with Gasteiger partial charge in [0.1, 0.15) is 11.4 Å². The van der Waals surface area contributed by atoms with E-state index < -0.39 is 0 Å². The molecule has 0 saturated heterocycles. The summed E-state index contributed by atoms with van der Waals surface area (Å²) in [7, 11) is 1.77. The highest BCUT2D eigenvalue weighted by molar-refractivity contribution is 5.47. The zero-order chi connectivity index (χ0) is 15.6. The van der Waals surface area contributed by atoms with Crippen LogP contribution in [0.4, 0.5) is 5.82 Å². The fourth-order valence-electron chi connectivity index (χ4n) is 3.57. The number of nitrogen functional groups attached to an aromatic ring is 1. The van der Waals surface area contributed by atoms with Gasteiger partial charge in [0.2, 0.25) is 0 Å². The van der Waals surface area contributed by atoms with E-state index in [1.165, 1.54) is 6.42 Å². The molecule has 3 N–H and O–H groups in total. The number of hydrazine groups is 1. The Morgan fingerprint density at radius 2 is 2.10 bits per heavy atom. The molecule has 0 aromatic carbocycles. The molecule has 1 aromatic heterocycles. The lowest BCUT2D eigenvalue weighted by Crippen LogP contribution is -2.37. The van der Waals surface area contributed by atoms with Gasteiger partial charge in [0.25, 0.3) is 0 Å². The van der Waals surface area contributed by atoms with Crippen LogP contribution in [0.25, 0.3) is 0 Å². The molecule has 1 saturated carbocycles. The number of hydrogen-bond acceptors (Lipinski definition) is 5. The molecule has 5 nitrogen and oxygen atoms in total. The van der Waals surface area contributed by atoms with Crippen molar-refractivity contribution >= 4 is 5.82 Å². The molecule has 0 spiro atoms. The lowest BCUT2D eigenvalue weighted by molar-refractivity contribution is -0.0646. The highest BCUT2D eigenvalue weighted by Crippen LogP contribution is 2.42. The van der Waals surface area contributed by atoms with E-state index in [2.05, 4.69) is 26.2 Å². The van der Waals surface area contributed by atoms with Crippen LogP contribution in [0.5, 0.6) is 0 Å². The Morgan fingerprint density at radius 1 is 1.38 bits per heavy atom. The van der Waals surface area contributed by atoms with Gasteiger partial charge in [-0.1, -0.05) is 27.2 Å². The summed E-state index contributed by atoms with van der Waals surface area (Å²) in [5, 5.41) is 0. The van der Waals surface area contributed by atoms with Gasteiger partial charge in [0.15, 0.2) is 5.82 Å². The number of aromatic nitrogens is 2. The van der Waals surface area contributed by atoms with E-state index >= 15 is 0 Å². The van der Waals surface area contributed by atoms with Crippen LogP contribution < -0.4 is 11.3 Å². The number of anilines is 1. The summed E-state index contributed by atoms with van der Waals surface area (Å²) in [5.74, 6) is 8.13. The average Bonchev–Trinajstić information content (AvgIpc) is 2.45. The molecule has 0 radical (unpaired) electrons. The smallest absolute Gasteiger partial charge is 0.162 e. The highest BCUT2D eigenvalue weighted by atomic mass is 16.5. The van der Waals surface area contributed by atoms with Crippen molar-refractivity contribution in [3.63, 3.8) is 0 Å². The molecular weight excluding hydrogens is 264 g/mol. The lowest BCUT2D eigenvalue weighted by atomic mass is 9.78. The SMILES string of the molecule is COC1(c2nc(C)c(C(C)C)c(NN)n2)CCCC(C)C1. The highest BCUT2D eigenvalue weighted by Gasteiger charge is 2.40. The molecule has 2 rings (SSSR count). The fourth-order valence-corrected chi connectivity index (χ4v) is 3.57. The maximum atomic E-state index is 5.90. The molecule has 2 atom stereocenters. The second kappa shape index (κ2) is 6.28. The molecule has 0 aliphatic heterocycles. The molecule has 118 valence electrons. The minimum atomic E-state index is -0.371. The summed E-state index contributed by atoms with van der Waals surface area (Å²) in [4.78, 5) is 9.47. The zero-order valence-corrected chi connectivity index (χ0v) is 13.9. The van der Waals surface area contributed by atoms with Gasteiger partial charge < -0.3 is 10.2 Å². The van der Waals surface area contributed by atoms with Crippen molar-refractivity contribution in [2.24, 2.45) is 11.8 Å². The summed E-state index contributed by atoms with van der Waals surface area (Å²) < 4.78 is 5.90. The van der Waals surface area contributed by atoms with Gasteiger partial charge in [-0.2, -0.15) is 0 Å². The van der Waals surface area contributed by atoms with Gasteiger partial charge in [-0.3, -0.25) is 0 Å². The van der Waals surface area contributed by atoms with Crippen molar-refractivity contribution in [1.82, 2.24) is 9.97 Å². The van der Waals surface area contributed by atoms with Gasteiger partial charge in [-0.25, -0.2) is 15.8 Å². The maximum Gasteiger partial charge on any atom is 0.162 e. The zero-order valence-electron chi connectivity index (χ0n) is 13.9. The first-order valence-corrected chi connectivity index (χ1v) is 7.84. The van der Waals surface area contributed by atoms with Crippen molar-refractivity contribution in [3.8, 4) is 0 Å². The monoisotopic (exact) mass is 292 g/mol. The molecule has 0 bridgehead atoms. The Balaban J connectivity index is 2.50. The molecule has 1 heterocycles. The Hall–Kier alpha value is -1.20. The van der Waals surface area contributed by atoms with Crippen molar-refractivity contribution in [3.05, 3.63) is 17.1 Å². The minimum absolute atomic E-state index is 0.328. The summed E-state index contributed by atoms with van der Waals surface area (Å²) in [6, 6.07) is 0. The number of methoxy groups -OCH3 is 1. The van der Waals surface area contributed by atoms with Gasteiger partial charge in [-0.15, -0.1) is 0 Å². The fraction of sp³-hybridized carbons (Fsp3) is 0.750. The van der Waals surface area contributed by atoms with E-state index in [4.69, 9.17) is 20.5 Å². The Labute approximate surface area is 127 Å². The minimum Gasteiger partial charge on any atom is -0.370 e. The summed E-state index contributed by atoms with van der Waals surface area (Å²) in [5.41, 5.74) is 4.44. The molecule has 1 aromatic rings. The first-order chi connectivity index (χ1) is 9.93. The van der Waals surface area contributed by atoms with Crippen molar-refractivity contribution in [2.75, 3.05) is 12.5 Å². The molecule has 1 fully saturated rings. The third kappa shape index (κ3) is 3.04. The molecule has 1 aliphatic rings. The van der Waals surface area contributed by atoms with Crippen LogP contribution in [-0.2, 0) is 10.3 Å². The second-order valence-corrected chi connectivity index (χ2v) is 6.59. The molecule has 1 aliphatic carbocycles. The number of rotatable bonds is 4.